The quantitative estimate of drug-likeness (QED) is 0.0250. The van der Waals surface area contributed by atoms with Crippen LogP contribution in [0.1, 0.15) is 158 Å². The zero-order valence-corrected chi connectivity index (χ0v) is 71.1. The molecule has 680 valence electrons. The molecule has 0 aliphatic carbocycles. The monoisotopic (exact) mass is 1730 g/mol. The molecular formula is C78H121N23O22. The van der Waals surface area contributed by atoms with Crippen LogP contribution >= 0.6 is 0 Å². The van der Waals surface area contributed by atoms with Crippen molar-refractivity contribution in [2.75, 3.05) is 26.2 Å². The van der Waals surface area contributed by atoms with Gasteiger partial charge in [-0.2, -0.15) is 0 Å². The molecule has 45 nitrogen and oxygen atoms in total. The van der Waals surface area contributed by atoms with E-state index in [1.807, 2.05) is 0 Å². The van der Waals surface area contributed by atoms with E-state index in [1.165, 1.54) is 69.8 Å². The topological polar surface area (TPSA) is 704 Å². The minimum absolute atomic E-state index is 0.00877. The maximum atomic E-state index is 14.5. The van der Waals surface area contributed by atoms with E-state index in [4.69, 9.17) is 17.2 Å². The van der Waals surface area contributed by atoms with E-state index in [2.05, 4.69) is 99.7 Å². The van der Waals surface area contributed by atoms with Gasteiger partial charge in [-0.05, 0) is 114 Å². The number of nitrogens with one attached hydrogen (secondary N) is 17. The van der Waals surface area contributed by atoms with Crippen molar-refractivity contribution in [2.24, 2.45) is 40.9 Å². The number of aromatic nitrogens is 4. The molecule has 0 spiro atoms. The van der Waals surface area contributed by atoms with E-state index < -0.39 is 241 Å². The highest BCUT2D eigenvalue weighted by molar-refractivity contribution is 6.01. The van der Waals surface area contributed by atoms with Crippen molar-refractivity contribution in [3.05, 3.63) is 66.3 Å². The summed E-state index contributed by atoms with van der Waals surface area (Å²) in [7, 11) is 0. The molecular weight excluding hydrogens is 1610 g/mol. The lowest BCUT2D eigenvalue weighted by molar-refractivity contribution is -0.143. The summed E-state index contributed by atoms with van der Waals surface area (Å²) in [6.45, 7) is 16.6. The van der Waals surface area contributed by atoms with Crippen LogP contribution in [0.15, 0.2) is 49.3 Å². The number of nitrogens with zero attached hydrogens (tertiary/aromatic N) is 3. The van der Waals surface area contributed by atoms with Crippen LogP contribution in [0.2, 0.25) is 0 Å². The normalized spacial score (nSPS) is 16.1. The number of aliphatic carboxylic acids is 1. The first-order chi connectivity index (χ1) is 57.8. The Morgan fingerprint density at radius 3 is 1.45 bits per heavy atom. The number of hydrogen-bond acceptors (Lipinski definition) is 24. The number of likely N-dealkylation sites (tertiary alicyclic amines) is 1. The SMILES string of the molecule is CC[C@H](C)[C@H](NC(=O)CNC(=O)[C@H](C)NC(=O)[C@H](C)NC(=O)[C@H](Cc1cnc[nH]1)NC(=O)[C@H](CC(N)=O)NC(=O)CNC(=O)[C@H](C)NC(=O)CNC(=O)[C@H](Cc1cnc[nH]1)NC(=O)[C@@H]1CCCN1C(=O)[C@H](CC(C)C)NC(=O)[C@H](CCC(=O)O)NC(=O)[C@@H](N)Cc1ccc(O)cc1)C(=O)N[C@@H](CC(C)C)C(=O)N[C@H](C(=O)N[C@@H](CC(C)C)C(N)=O)[C@@H](C)O. The number of aliphatic hydroxyl groups excluding tert-OH is 1. The number of benzene rings is 1. The molecule has 1 fully saturated rings. The first-order valence-corrected chi connectivity index (χ1v) is 40.5. The number of carbonyl (C=O) groups is 19. The predicted molar refractivity (Wildman–Crippen MR) is 438 cm³/mol. The second-order valence-electron chi connectivity index (χ2n) is 31.7. The van der Waals surface area contributed by atoms with Crippen LogP contribution in [-0.2, 0) is 110 Å². The summed E-state index contributed by atoms with van der Waals surface area (Å²) in [6.07, 6.45) is 2.42. The molecule has 2 aromatic heterocycles. The van der Waals surface area contributed by atoms with Crippen molar-refractivity contribution < 1.29 is 106 Å². The number of imidazole rings is 2. The summed E-state index contributed by atoms with van der Waals surface area (Å²) in [5, 5.41) is 66.4. The lowest BCUT2D eigenvalue weighted by Gasteiger charge is -2.31. The Kier molecular flexibility index (Phi) is 42.1. The fraction of sp³-hybridized carbons (Fsp3) is 0.603. The fourth-order valence-electron chi connectivity index (χ4n) is 12.7. The molecule has 1 aliphatic rings. The standard InChI is InChI=1S/C78H121N23O22/c1-13-40(8)63(76(121)97-52(24-38(4)5)74(119)100-64(44(12)102)77(122)94-51(65(81)110)23-37(2)3)99-61(107)34-85-67(112)42(10)90-68(113)43(11)91-72(117)54(28-47-31-83-36-88-47)95-73(118)55(29-58(80)104)92-60(106)33-84-66(111)41(9)89-59(105)32-86-70(115)53(27-46-30-82-35-87-46)96-75(120)57-15-14-22-101(57)78(123)56(25-39(6)7)98-71(116)50(20-21-62(108)109)93-69(114)49(79)26-45-16-18-48(103)19-17-45/h16-19,30-31,35-44,49-57,63-64,102-103H,13-15,20-29,32-34,79H2,1-12H3,(H2,80,104)(H2,81,110)(H,82,87)(H,83,88)(H,84,111)(H,85,112)(H,86,115)(H,89,105)(H,90,113)(H,91,117)(H,92,106)(H,93,114)(H,94,122)(H,95,118)(H,96,120)(H,97,121)(H,98,116)(H,99,107)(H,100,119)(H,108,109)/t40-,41-,42-,43-,44+,49-,50-,51-,52-,53-,54-,55-,56-,57-,63-,64-/m0/s1. The highest BCUT2D eigenvalue weighted by Gasteiger charge is 2.42. The number of aromatic hydroxyl groups is 1. The number of carboxylic acids is 1. The van der Waals surface area contributed by atoms with E-state index >= 15 is 0 Å². The number of phenolic OH excluding ortho intramolecular Hbond substituents is 1. The third-order valence-corrected chi connectivity index (χ3v) is 19.6. The van der Waals surface area contributed by atoms with E-state index in [-0.39, 0.29) is 87.1 Å². The molecule has 3 heterocycles. The highest BCUT2D eigenvalue weighted by atomic mass is 16.4. The number of nitrogens with two attached hydrogens (primary N) is 3. The molecule has 123 heavy (non-hydrogen) atoms. The molecule has 45 heteroatoms. The number of aliphatic hydroxyl groups is 1. The molecule has 4 rings (SSSR count). The van der Waals surface area contributed by atoms with Gasteiger partial charge in [0.15, 0.2) is 0 Å². The summed E-state index contributed by atoms with van der Waals surface area (Å²) < 4.78 is 0. The Morgan fingerprint density at radius 2 is 0.927 bits per heavy atom. The Labute approximate surface area is 710 Å². The molecule has 0 bridgehead atoms. The largest absolute Gasteiger partial charge is 0.508 e. The number of rotatable bonds is 52. The van der Waals surface area contributed by atoms with Crippen molar-refractivity contribution in [1.29, 1.82) is 0 Å². The fourth-order valence-corrected chi connectivity index (χ4v) is 12.7. The van der Waals surface area contributed by atoms with Crippen LogP contribution in [0.3, 0.4) is 0 Å². The van der Waals surface area contributed by atoms with Gasteiger partial charge in [-0.15, -0.1) is 0 Å². The molecule has 0 saturated carbocycles. The molecule has 1 saturated heterocycles. The number of phenols is 1. The maximum Gasteiger partial charge on any atom is 0.303 e. The predicted octanol–water partition coefficient (Wildman–Crippen LogP) is -6.80. The average molecular weight is 1730 g/mol. The number of hydrogen-bond donors (Lipinski definition) is 23. The van der Waals surface area contributed by atoms with Crippen LogP contribution in [0.25, 0.3) is 0 Å². The number of H-pyrrole nitrogens is 2. The molecule has 3 aromatic rings. The number of primary amides is 2. The average Bonchev–Trinajstić information content (AvgIpc) is 1.71. The van der Waals surface area contributed by atoms with Gasteiger partial charge in [0.2, 0.25) is 106 Å². The van der Waals surface area contributed by atoms with Crippen LogP contribution in [0, 0.1) is 23.7 Å². The van der Waals surface area contributed by atoms with E-state index in [9.17, 15) is 106 Å². The lowest BCUT2D eigenvalue weighted by atomic mass is 9.96. The first kappa shape index (κ1) is 103. The molecule has 16 atom stereocenters. The number of aromatic amines is 2. The summed E-state index contributed by atoms with van der Waals surface area (Å²) in [6, 6.07) is -13.6. The molecule has 26 N–H and O–H groups in total. The summed E-state index contributed by atoms with van der Waals surface area (Å²) in [5.41, 5.74) is 18.3. The van der Waals surface area contributed by atoms with Gasteiger partial charge in [0, 0.05) is 49.6 Å². The van der Waals surface area contributed by atoms with Gasteiger partial charge in [0.1, 0.15) is 84.3 Å². The zero-order chi connectivity index (χ0) is 92.2. The Balaban J connectivity index is 1.33. The maximum absolute atomic E-state index is 14.5. The van der Waals surface area contributed by atoms with Gasteiger partial charge in [-0.25, -0.2) is 9.97 Å². The minimum Gasteiger partial charge on any atom is -0.508 e. The van der Waals surface area contributed by atoms with Gasteiger partial charge >= 0.3 is 5.97 Å². The first-order valence-electron chi connectivity index (χ1n) is 40.5. The van der Waals surface area contributed by atoms with Gasteiger partial charge in [-0.1, -0.05) is 73.9 Å². The van der Waals surface area contributed by atoms with E-state index in [1.54, 1.807) is 67.5 Å². The van der Waals surface area contributed by atoms with Crippen LogP contribution < -0.4 is 97.0 Å². The van der Waals surface area contributed by atoms with Gasteiger partial charge in [-0.3, -0.25) is 91.1 Å². The van der Waals surface area contributed by atoms with Crippen molar-refractivity contribution in [1.82, 2.24) is 105 Å². The summed E-state index contributed by atoms with van der Waals surface area (Å²) in [5.74, 6) is -18.8. The van der Waals surface area contributed by atoms with Crippen molar-refractivity contribution in [3.8, 4) is 5.75 Å². The third-order valence-electron chi connectivity index (χ3n) is 19.6. The molecule has 1 aliphatic heterocycles. The van der Waals surface area contributed by atoms with E-state index in [0.29, 0.717) is 24.1 Å². The molecule has 0 unspecified atom stereocenters. The molecule has 0 radical (unpaired) electrons. The minimum atomic E-state index is -1.80. The smallest absolute Gasteiger partial charge is 0.303 e. The second kappa shape index (κ2) is 50.5. The van der Waals surface area contributed by atoms with Gasteiger partial charge in [0.05, 0.1) is 50.9 Å². The molecule has 1 aromatic carbocycles. The van der Waals surface area contributed by atoms with Crippen molar-refractivity contribution in [3.63, 3.8) is 0 Å². The van der Waals surface area contributed by atoms with Gasteiger partial charge in [0.25, 0.3) is 0 Å². The van der Waals surface area contributed by atoms with Crippen LogP contribution in [0.5, 0.6) is 5.75 Å². The van der Waals surface area contributed by atoms with Crippen LogP contribution in [-0.4, -0.2) is 269 Å². The Bertz CT molecular complexity index is 4150. The molecule has 18 amide bonds. The highest BCUT2D eigenvalue weighted by Crippen LogP contribution is 2.22. The number of carbonyl (C=O) groups excluding carboxylic acids is 18. The zero-order valence-electron chi connectivity index (χ0n) is 71.1. The lowest BCUT2D eigenvalue weighted by Crippen LogP contribution is -2.61. The van der Waals surface area contributed by atoms with Crippen molar-refractivity contribution >= 4 is 112 Å². The number of amides is 18. The Hall–Kier alpha value is -12.7. The summed E-state index contributed by atoms with van der Waals surface area (Å²) in [4.78, 5) is 270. The van der Waals surface area contributed by atoms with Gasteiger partial charge < -0.3 is 127 Å². The van der Waals surface area contributed by atoms with E-state index in [0.717, 1.165) is 0 Å². The second-order valence-corrected chi connectivity index (χ2v) is 31.7. The van der Waals surface area contributed by atoms with Crippen molar-refractivity contribution in [2.45, 2.75) is 251 Å². The summed E-state index contributed by atoms with van der Waals surface area (Å²) >= 11 is 0. The Morgan fingerprint density at radius 1 is 0.480 bits per heavy atom. The van der Waals surface area contributed by atoms with Crippen LogP contribution in [0.4, 0.5) is 0 Å². The number of carboxylic acid groups (broad SMARTS) is 1. The third kappa shape index (κ3) is 35.9.